The molecule has 0 spiro atoms. The van der Waals surface area contributed by atoms with E-state index in [0.717, 1.165) is 0 Å². The lowest BCUT2D eigenvalue weighted by Crippen LogP contribution is -2.48. The van der Waals surface area contributed by atoms with E-state index in [1.807, 2.05) is 6.92 Å². The van der Waals surface area contributed by atoms with Crippen molar-refractivity contribution in [1.82, 2.24) is 0 Å². The predicted molar refractivity (Wildman–Crippen MR) is 115 cm³/mol. The molecule has 3 aliphatic heterocycles. The third-order valence-corrected chi connectivity index (χ3v) is 6.71. The quantitative estimate of drug-likeness (QED) is 0.344. The van der Waals surface area contributed by atoms with E-state index in [-0.39, 0.29) is 12.2 Å². The van der Waals surface area contributed by atoms with Gasteiger partial charge in [0.2, 0.25) is 0 Å². The van der Waals surface area contributed by atoms with Crippen LogP contribution in [0.15, 0.2) is 23.8 Å². The van der Waals surface area contributed by atoms with Crippen LogP contribution in [0, 0.1) is 11.8 Å². The summed E-state index contributed by atoms with van der Waals surface area (Å²) in [4.78, 5) is 48.5. The third kappa shape index (κ3) is 5.29. The van der Waals surface area contributed by atoms with Crippen molar-refractivity contribution in [2.45, 2.75) is 83.9 Å². The van der Waals surface area contributed by atoms with Crippen LogP contribution in [-0.4, -0.2) is 60.5 Å². The van der Waals surface area contributed by atoms with Crippen LogP contribution in [0.25, 0.3) is 0 Å². The topological polar surface area (TPSA) is 114 Å². The van der Waals surface area contributed by atoms with Crippen LogP contribution in [0.3, 0.4) is 0 Å². The summed E-state index contributed by atoms with van der Waals surface area (Å²) < 4.78 is 28.9. The smallest absolute Gasteiger partial charge is 0.334 e. The first-order valence-electron chi connectivity index (χ1n) is 11.2. The van der Waals surface area contributed by atoms with Crippen LogP contribution in [0.4, 0.5) is 0 Å². The fourth-order valence-electron chi connectivity index (χ4n) is 4.91. The number of ether oxygens (including phenoxy) is 5. The van der Waals surface area contributed by atoms with Crippen LogP contribution in [0.5, 0.6) is 0 Å². The second-order valence-electron chi connectivity index (χ2n) is 9.23. The Morgan fingerprint density at radius 2 is 1.82 bits per heavy atom. The monoisotopic (exact) mass is 464 g/mol. The highest BCUT2D eigenvalue weighted by Gasteiger charge is 2.59. The summed E-state index contributed by atoms with van der Waals surface area (Å²) in [5.41, 5.74) is -0.120. The Hall–Kier alpha value is -2.68. The Bertz CT molecular complexity index is 875. The van der Waals surface area contributed by atoms with Crippen molar-refractivity contribution in [2.24, 2.45) is 11.8 Å². The summed E-state index contributed by atoms with van der Waals surface area (Å²) in [6.45, 7) is 11.7. The van der Waals surface area contributed by atoms with Gasteiger partial charge >= 0.3 is 23.9 Å². The van der Waals surface area contributed by atoms with Gasteiger partial charge in [0.1, 0.15) is 31.0 Å². The Morgan fingerprint density at radius 1 is 1.12 bits per heavy atom. The largest absolute Gasteiger partial charge is 0.465 e. The van der Waals surface area contributed by atoms with Crippen LogP contribution in [0.1, 0.15) is 53.9 Å². The Labute approximate surface area is 193 Å². The molecule has 0 unspecified atom stereocenters. The van der Waals surface area contributed by atoms with Crippen molar-refractivity contribution in [3.8, 4) is 0 Å². The highest BCUT2D eigenvalue weighted by atomic mass is 16.6. The molecule has 0 N–H and O–H groups in total. The van der Waals surface area contributed by atoms with Gasteiger partial charge in [-0.05, 0) is 33.6 Å². The zero-order chi connectivity index (χ0) is 24.5. The molecule has 3 saturated heterocycles. The van der Waals surface area contributed by atoms with Gasteiger partial charge in [0.05, 0.1) is 17.4 Å². The number of rotatable bonds is 5. The fourth-order valence-corrected chi connectivity index (χ4v) is 4.91. The van der Waals surface area contributed by atoms with E-state index < -0.39 is 65.7 Å². The lowest BCUT2D eigenvalue weighted by Gasteiger charge is -2.35. The average Bonchev–Trinajstić information content (AvgIpc) is 2.88. The van der Waals surface area contributed by atoms with E-state index in [1.165, 1.54) is 13.8 Å². The highest BCUT2D eigenvalue weighted by Crippen LogP contribution is 2.48. The summed E-state index contributed by atoms with van der Waals surface area (Å²) in [5.74, 6) is -3.27. The second kappa shape index (κ2) is 9.67. The molecule has 3 aliphatic rings. The maximum atomic E-state index is 12.6. The molecule has 182 valence electrons. The number of carbonyl (C=O) groups excluding carboxylic acids is 4. The summed E-state index contributed by atoms with van der Waals surface area (Å²) in [6, 6.07) is 0. The van der Waals surface area contributed by atoms with Crippen LogP contribution in [0.2, 0.25) is 0 Å². The average molecular weight is 465 g/mol. The lowest BCUT2D eigenvalue weighted by atomic mass is 9.78. The van der Waals surface area contributed by atoms with Gasteiger partial charge in [-0.15, -0.1) is 0 Å². The molecule has 0 aliphatic carbocycles. The number of hydrogen-bond donors (Lipinski definition) is 0. The molecule has 33 heavy (non-hydrogen) atoms. The minimum absolute atomic E-state index is 0.0800. The first kappa shape index (κ1) is 25.0. The van der Waals surface area contributed by atoms with E-state index in [0.29, 0.717) is 24.8 Å². The third-order valence-electron chi connectivity index (χ3n) is 6.71. The van der Waals surface area contributed by atoms with Gasteiger partial charge in [-0.25, -0.2) is 9.59 Å². The molecule has 3 rings (SSSR count). The zero-order valence-corrected chi connectivity index (χ0v) is 19.8. The standard InChI is InChI=1S/C24H32O9/c1-7-12(2)22(27)31-18-10-24(6)9-8-17(30-15(5)26)16(11-29-14(4)25)20(33-24)21-19(18)13(3)23(28)32-21/h7,16-21H,3,8-11H2,1-2,4-6H3/b12-7-/t16-,17-,18+,19+,20+,21-,24+/m0/s1. The summed E-state index contributed by atoms with van der Waals surface area (Å²) >= 11 is 0. The predicted octanol–water partition coefficient (Wildman–Crippen LogP) is 2.41. The number of allylic oxidation sites excluding steroid dienone is 1. The van der Waals surface area contributed by atoms with Gasteiger partial charge in [-0.2, -0.15) is 0 Å². The Morgan fingerprint density at radius 3 is 2.42 bits per heavy atom. The van der Waals surface area contributed by atoms with E-state index >= 15 is 0 Å². The summed E-state index contributed by atoms with van der Waals surface area (Å²) in [7, 11) is 0. The molecule has 3 fully saturated rings. The molecule has 7 atom stereocenters. The number of fused-ring (bicyclic) bond motifs is 4. The van der Waals surface area contributed by atoms with E-state index in [1.54, 1.807) is 19.9 Å². The Balaban J connectivity index is 2.03. The van der Waals surface area contributed by atoms with Crippen LogP contribution in [-0.2, 0) is 42.9 Å². The fraction of sp³-hybridized carbons (Fsp3) is 0.667. The maximum absolute atomic E-state index is 12.6. The summed E-state index contributed by atoms with van der Waals surface area (Å²) in [6.07, 6.45) is -0.0167. The normalized spacial score (nSPS) is 36.1. The van der Waals surface area contributed by atoms with Crippen LogP contribution >= 0.6 is 0 Å². The molecular weight excluding hydrogens is 432 g/mol. The number of carbonyl (C=O) groups is 4. The first-order valence-corrected chi connectivity index (χ1v) is 11.2. The van der Waals surface area contributed by atoms with E-state index in [4.69, 9.17) is 23.7 Å². The Kier molecular flexibility index (Phi) is 7.31. The van der Waals surface area contributed by atoms with Crippen molar-refractivity contribution >= 4 is 23.9 Å². The van der Waals surface area contributed by atoms with Crippen molar-refractivity contribution in [1.29, 1.82) is 0 Å². The van der Waals surface area contributed by atoms with Gasteiger partial charge in [-0.3, -0.25) is 9.59 Å². The number of esters is 4. The van der Waals surface area contributed by atoms with Gasteiger partial charge in [0.25, 0.3) is 0 Å². The molecule has 0 saturated carbocycles. The van der Waals surface area contributed by atoms with E-state index in [2.05, 4.69) is 6.58 Å². The first-order chi connectivity index (χ1) is 15.5. The van der Waals surface area contributed by atoms with Crippen molar-refractivity contribution in [3.63, 3.8) is 0 Å². The van der Waals surface area contributed by atoms with Gasteiger partial charge in [-0.1, -0.05) is 12.7 Å². The van der Waals surface area contributed by atoms with Crippen molar-refractivity contribution in [3.05, 3.63) is 23.8 Å². The highest BCUT2D eigenvalue weighted by molar-refractivity contribution is 5.91. The zero-order valence-electron chi connectivity index (χ0n) is 19.8. The van der Waals surface area contributed by atoms with Gasteiger partial charge in [0, 0.05) is 31.4 Å². The molecule has 0 amide bonds. The van der Waals surface area contributed by atoms with Crippen LogP contribution < -0.4 is 0 Å². The second-order valence-corrected chi connectivity index (χ2v) is 9.23. The SMILES string of the molecule is C=C1C(=O)O[C@@H]2[C@@H]3O[C@](C)(CC[C@H](OC(C)=O)[C@@H]3COC(C)=O)C[C@@H](OC(=O)/C(C)=C\C)[C@@H]12. The minimum atomic E-state index is -0.841. The maximum Gasteiger partial charge on any atom is 0.334 e. The molecular formula is C24H32O9. The van der Waals surface area contributed by atoms with E-state index in [9.17, 15) is 19.2 Å². The lowest BCUT2D eigenvalue weighted by molar-refractivity contribution is -0.178. The molecule has 9 nitrogen and oxygen atoms in total. The molecule has 0 aromatic rings. The molecule has 0 aromatic carbocycles. The summed E-state index contributed by atoms with van der Waals surface area (Å²) in [5, 5.41) is 0. The molecule has 9 heteroatoms. The minimum Gasteiger partial charge on any atom is -0.465 e. The van der Waals surface area contributed by atoms with Gasteiger partial charge < -0.3 is 23.7 Å². The molecule has 3 heterocycles. The van der Waals surface area contributed by atoms with Gasteiger partial charge in [0.15, 0.2) is 0 Å². The molecule has 0 radical (unpaired) electrons. The van der Waals surface area contributed by atoms with Crippen molar-refractivity contribution in [2.75, 3.05) is 6.61 Å². The molecule has 2 bridgehead atoms. The number of hydrogen-bond acceptors (Lipinski definition) is 9. The van der Waals surface area contributed by atoms with Crippen molar-refractivity contribution < 1.29 is 42.9 Å². The molecule has 0 aromatic heterocycles.